The quantitative estimate of drug-likeness (QED) is 0.856. The highest BCUT2D eigenvalue weighted by molar-refractivity contribution is 5.22. The first kappa shape index (κ1) is 15.5. The molecular formula is C18H30N2. The highest BCUT2D eigenvalue weighted by Crippen LogP contribution is 2.23. The Kier molecular flexibility index (Phi) is 6.06. The van der Waals surface area contributed by atoms with Gasteiger partial charge in [0.15, 0.2) is 0 Å². The van der Waals surface area contributed by atoms with E-state index in [4.69, 9.17) is 5.73 Å². The van der Waals surface area contributed by atoms with Crippen molar-refractivity contribution in [3.63, 3.8) is 0 Å². The summed E-state index contributed by atoms with van der Waals surface area (Å²) in [6.07, 6.45) is 6.34. The lowest BCUT2D eigenvalue weighted by Gasteiger charge is -2.33. The second-order valence-corrected chi connectivity index (χ2v) is 6.48. The van der Waals surface area contributed by atoms with Gasteiger partial charge in [-0.3, -0.25) is 4.90 Å². The molecule has 1 aliphatic heterocycles. The maximum Gasteiger partial charge on any atom is 0.0233 e. The summed E-state index contributed by atoms with van der Waals surface area (Å²) in [5, 5.41) is 0. The fraction of sp³-hybridized carbons (Fsp3) is 0.667. The fourth-order valence-electron chi connectivity index (χ4n) is 3.25. The summed E-state index contributed by atoms with van der Waals surface area (Å²) in [6.45, 7) is 7.98. The molecule has 1 aromatic rings. The highest BCUT2D eigenvalue weighted by atomic mass is 15.1. The Labute approximate surface area is 124 Å². The van der Waals surface area contributed by atoms with E-state index < -0.39 is 0 Å². The standard InChI is InChI=1S/C18H30N2/c1-3-18(19)10-9-16-8-5-11-20(13-16)14-17-7-4-6-15(2)12-17/h4,6-7,12,16,18H,3,5,8-11,13-14,19H2,1-2H3. The van der Waals surface area contributed by atoms with E-state index in [1.165, 1.54) is 49.9 Å². The predicted octanol–water partition coefficient (Wildman–Crippen LogP) is 3.72. The van der Waals surface area contributed by atoms with Gasteiger partial charge in [0.1, 0.15) is 0 Å². The average molecular weight is 274 g/mol. The maximum atomic E-state index is 6.05. The zero-order valence-electron chi connectivity index (χ0n) is 13.1. The van der Waals surface area contributed by atoms with Gasteiger partial charge in [-0.2, -0.15) is 0 Å². The number of aryl methyl sites for hydroxylation is 1. The van der Waals surface area contributed by atoms with Crippen LogP contribution in [0.1, 0.15) is 50.2 Å². The van der Waals surface area contributed by atoms with E-state index >= 15 is 0 Å². The molecule has 0 spiro atoms. The Bertz CT molecular complexity index is 402. The van der Waals surface area contributed by atoms with Crippen molar-refractivity contribution in [2.75, 3.05) is 13.1 Å². The van der Waals surface area contributed by atoms with Crippen LogP contribution < -0.4 is 5.73 Å². The summed E-state index contributed by atoms with van der Waals surface area (Å²) >= 11 is 0. The number of benzene rings is 1. The largest absolute Gasteiger partial charge is 0.328 e. The molecule has 2 nitrogen and oxygen atoms in total. The number of nitrogens with zero attached hydrogens (tertiary/aromatic N) is 1. The first-order chi connectivity index (χ1) is 9.67. The second-order valence-electron chi connectivity index (χ2n) is 6.48. The van der Waals surface area contributed by atoms with Crippen molar-refractivity contribution in [2.45, 2.75) is 58.5 Å². The molecule has 2 N–H and O–H groups in total. The molecule has 2 heteroatoms. The van der Waals surface area contributed by atoms with Gasteiger partial charge >= 0.3 is 0 Å². The fourth-order valence-corrected chi connectivity index (χ4v) is 3.25. The molecule has 0 aromatic heterocycles. The summed E-state index contributed by atoms with van der Waals surface area (Å²) in [4.78, 5) is 2.63. The van der Waals surface area contributed by atoms with E-state index in [-0.39, 0.29) is 0 Å². The summed E-state index contributed by atoms with van der Waals surface area (Å²) in [6, 6.07) is 9.32. The van der Waals surface area contributed by atoms with Crippen LogP contribution in [0.4, 0.5) is 0 Å². The molecule has 0 aliphatic carbocycles. The Hall–Kier alpha value is -0.860. The van der Waals surface area contributed by atoms with Gasteiger partial charge in [-0.25, -0.2) is 0 Å². The van der Waals surface area contributed by atoms with Gasteiger partial charge in [0, 0.05) is 19.1 Å². The van der Waals surface area contributed by atoms with Gasteiger partial charge in [-0.1, -0.05) is 36.8 Å². The molecule has 1 aromatic carbocycles. The molecule has 2 rings (SSSR count). The van der Waals surface area contributed by atoms with Gasteiger partial charge in [0.25, 0.3) is 0 Å². The normalized spacial score (nSPS) is 21.9. The second kappa shape index (κ2) is 7.80. The predicted molar refractivity (Wildman–Crippen MR) is 86.7 cm³/mol. The van der Waals surface area contributed by atoms with Crippen molar-refractivity contribution in [2.24, 2.45) is 11.7 Å². The molecule has 1 fully saturated rings. The minimum atomic E-state index is 0.405. The van der Waals surface area contributed by atoms with E-state index in [1.807, 2.05) is 0 Å². The van der Waals surface area contributed by atoms with Gasteiger partial charge in [-0.15, -0.1) is 0 Å². The van der Waals surface area contributed by atoms with E-state index in [2.05, 4.69) is 43.0 Å². The van der Waals surface area contributed by atoms with Crippen LogP contribution in [-0.2, 0) is 6.54 Å². The van der Waals surface area contributed by atoms with Crippen LogP contribution in [-0.4, -0.2) is 24.0 Å². The van der Waals surface area contributed by atoms with Crippen molar-refractivity contribution >= 4 is 0 Å². The van der Waals surface area contributed by atoms with E-state index in [0.29, 0.717) is 6.04 Å². The maximum absolute atomic E-state index is 6.05. The van der Waals surface area contributed by atoms with Gasteiger partial charge < -0.3 is 5.73 Å². The van der Waals surface area contributed by atoms with Crippen molar-refractivity contribution in [1.29, 1.82) is 0 Å². The molecule has 0 saturated carbocycles. The minimum Gasteiger partial charge on any atom is -0.328 e. The van der Waals surface area contributed by atoms with Gasteiger partial charge in [-0.05, 0) is 57.1 Å². The molecule has 0 amide bonds. The van der Waals surface area contributed by atoms with Crippen molar-refractivity contribution in [1.82, 2.24) is 4.90 Å². The Morgan fingerprint density at radius 3 is 3.00 bits per heavy atom. The molecule has 1 heterocycles. The van der Waals surface area contributed by atoms with Crippen molar-refractivity contribution < 1.29 is 0 Å². The first-order valence-electron chi connectivity index (χ1n) is 8.21. The topological polar surface area (TPSA) is 29.3 Å². The molecule has 0 bridgehead atoms. The zero-order valence-corrected chi connectivity index (χ0v) is 13.1. The lowest BCUT2D eigenvalue weighted by Crippen LogP contribution is -2.35. The Balaban J connectivity index is 1.81. The molecule has 1 saturated heterocycles. The average Bonchev–Trinajstić information content (AvgIpc) is 2.45. The number of nitrogens with two attached hydrogens (primary N) is 1. The third kappa shape index (κ3) is 4.92. The molecule has 2 unspecified atom stereocenters. The lowest BCUT2D eigenvalue weighted by molar-refractivity contribution is 0.158. The molecular weight excluding hydrogens is 244 g/mol. The van der Waals surface area contributed by atoms with Crippen LogP contribution in [0.3, 0.4) is 0 Å². The van der Waals surface area contributed by atoms with Crippen LogP contribution in [0.15, 0.2) is 24.3 Å². The highest BCUT2D eigenvalue weighted by Gasteiger charge is 2.20. The van der Waals surface area contributed by atoms with Crippen LogP contribution >= 0.6 is 0 Å². The van der Waals surface area contributed by atoms with Crippen LogP contribution in [0.5, 0.6) is 0 Å². The number of hydrogen-bond acceptors (Lipinski definition) is 2. The van der Waals surface area contributed by atoms with Crippen molar-refractivity contribution in [3.05, 3.63) is 35.4 Å². The monoisotopic (exact) mass is 274 g/mol. The van der Waals surface area contributed by atoms with Gasteiger partial charge in [0.05, 0.1) is 0 Å². The Morgan fingerprint density at radius 1 is 1.40 bits per heavy atom. The summed E-state index contributed by atoms with van der Waals surface area (Å²) in [7, 11) is 0. The molecule has 2 atom stereocenters. The van der Waals surface area contributed by atoms with Crippen LogP contribution in [0.25, 0.3) is 0 Å². The number of piperidine rings is 1. The van der Waals surface area contributed by atoms with E-state index in [1.54, 1.807) is 0 Å². The summed E-state index contributed by atoms with van der Waals surface area (Å²) < 4.78 is 0. The van der Waals surface area contributed by atoms with E-state index in [0.717, 1.165) is 18.9 Å². The molecule has 0 radical (unpaired) electrons. The number of rotatable bonds is 6. The first-order valence-corrected chi connectivity index (χ1v) is 8.21. The lowest BCUT2D eigenvalue weighted by atomic mass is 9.91. The smallest absolute Gasteiger partial charge is 0.0233 e. The van der Waals surface area contributed by atoms with Crippen molar-refractivity contribution in [3.8, 4) is 0 Å². The van der Waals surface area contributed by atoms with E-state index in [9.17, 15) is 0 Å². The molecule has 20 heavy (non-hydrogen) atoms. The molecule has 112 valence electrons. The third-order valence-corrected chi connectivity index (χ3v) is 4.56. The number of hydrogen-bond donors (Lipinski definition) is 1. The molecule has 1 aliphatic rings. The van der Waals surface area contributed by atoms with Crippen LogP contribution in [0, 0.1) is 12.8 Å². The van der Waals surface area contributed by atoms with Gasteiger partial charge in [0.2, 0.25) is 0 Å². The van der Waals surface area contributed by atoms with Crippen LogP contribution in [0.2, 0.25) is 0 Å². The Morgan fingerprint density at radius 2 is 2.25 bits per heavy atom. The minimum absolute atomic E-state index is 0.405. The zero-order chi connectivity index (χ0) is 14.4. The number of likely N-dealkylation sites (tertiary alicyclic amines) is 1. The third-order valence-electron chi connectivity index (χ3n) is 4.56. The SMILES string of the molecule is CCC(N)CCC1CCCN(Cc2cccc(C)c2)C1. The summed E-state index contributed by atoms with van der Waals surface area (Å²) in [5.41, 5.74) is 8.87. The summed E-state index contributed by atoms with van der Waals surface area (Å²) in [5.74, 6) is 0.853.